The Kier molecular flexibility index (Phi) is 4.48. The maximum Gasteiger partial charge on any atom is 0.308 e. The SMILES string of the molecule is CCC(c1ccc(Cl)cc1)N1C[C@@H](C)[C@H](C(=O)O)C1. The predicted octanol–water partition coefficient (Wildman–Crippen LogP) is 3.44. The van der Waals surface area contributed by atoms with Crippen LogP contribution in [0.25, 0.3) is 0 Å². The summed E-state index contributed by atoms with van der Waals surface area (Å²) in [6.45, 7) is 5.64. The molecule has 0 bridgehead atoms. The van der Waals surface area contributed by atoms with E-state index in [0.717, 1.165) is 18.0 Å². The van der Waals surface area contributed by atoms with Crippen LogP contribution in [-0.4, -0.2) is 29.1 Å². The third-order valence-corrected chi connectivity index (χ3v) is 4.29. The number of benzene rings is 1. The van der Waals surface area contributed by atoms with Gasteiger partial charge in [-0.25, -0.2) is 0 Å². The summed E-state index contributed by atoms with van der Waals surface area (Å²) in [7, 11) is 0. The Morgan fingerprint density at radius 3 is 2.53 bits per heavy atom. The molecule has 1 saturated heterocycles. The van der Waals surface area contributed by atoms with E-state index >= 15 is 0 Å². The van der Waals surface area contributed by atoms with Crippen molar-refractivity contribution in [3.05, 3.63) is 34.9 Å². The molecule has 3 atom stereocenters. The number of hydrogen-bond donors (Lipinski definition) is 1. The van der Waals surface area contributed by atoms with Crippen LogP contribution in [-0.2, 0) is 4.79 Å². The lowest BCUT2D eigenvalue weighted by atomic mass is 9.99. The molecule has 1 aromatic carbocycles. The van der Waals surface area contributed by atoms with Gasteiger partial charge in [0.2, 0.25) is 0 Å². The fraction of sp³-hybridized carbons (Fsp3) is 0.533. The predicted molar refractivity (Wildman–Crippen MR) is 76.3 cm³/mol. The van der Waals surface area contributed by atoms with E-state index in [2.05, 4.69) is 11.8 Å². The maximum atomic E-state index is 11.2. The van der Waals surface area contributed by atoms with E-state index in [1.165, 1.54) is 5.56 Å². The standard InChI is InChI=1S/C15H20ClNO2/c1-3-14(11-4-6-12(16)7-5-11)17-8-10(2)13(9-17)15(18)19/h4-7,10,13-14H,3,8-9H2,1-2H3,(H,18,19)/t10-,13-,14?/m1/s1. The Morgan fingerprint density at radius 2 is 2.05 bits per heavy atom. The van der Waals surface area contributed by atoms with E-state index < -0.39 is 5.97 Å². The van der Waals surface area contributed by atoms with Crippen molar-refractivity contribution in [1.29, 1.82) is 0 Å². The van der Waals surface area contributed by atoms with Crippen molar-refractivity contribution >= 4 is 17.6 Å². The summed E-state index contributed by atoms with van der Waals surface area (Å²) in [4.78, 5) is 13.5. The van der Waals surface area contributed by atoms with Gasteiger partial charge in [-0.1, -0.05) is 37.6 Å². The first kappa shape index (κ1) is 14.4. The summed E-state index contributed by atoms with van der Waals surface area (Å²) < 4.78 is 0. The summed E-state index contributed by atoms with van der Waals surface area (Å²) in [5.74, 6) is -0.721. The highest BCUT2D eigenvalue weighted by atomic mass is 35.5. The van der Waals surface area contributed by atoms with Crippen LogP contribution in [0.1, 0.15) is 31.9 Å². The summed E-state index contributed by atoms with van der Waals surface area (Å²) in [6, 6.07) is 8.15. The summed E-state index contributed by atoms with van der Waals surface area (Å²) in [5.41, 5.74) is 1.21. The molecule has 0 spiro atoms. The molecular weight excluding hydrogens is 262 g/mol. The lowest BCUT2D eigenvalue weighted by Crippen LogP contribution is -2.27. The first-order valence-corrected chi connectivity index (χ1v) is 7.13. The van der Waals surface area contributed by atoms with Gasteiger partial charge in [0.05, 0.1) is 5.92 Å². The van der Waals surface area contributed by atoms with Crippen molar-refractivity contribution in [2.45, 2.75) is 26.3 Å². The highest BCUT2D eigenvalue weighted by molar-refractivity contribution is 6.30. The van der Waals surface area contributed by atoms with Crippen molar-refractivity contribution in [2.24, 2.45) is 11.8 Å². The largest absolute Gasteiger partial charge is 0.481 e. The third kappa shape index (κ3) is 3.10. The molecule has 104 valence electrons. The average Bonchev–Trinajstić information content (AvgIpc) is 2.75. The monoisotopic (exact) mass is 281 g/mol. The molecule has 4 heteroatoms. The second-order valence-corrected chi connectivity index (χ2v) is 5.79. The molecule has 1 unspecified atom stereocenters. The quantitative estimate of drug-likeness (QED) is 0.919. The van der Waals surface area contributed by atoms with Gasteiger partial charge in [0, 0.05) is 24.2 Å². The minimum Gasteiger partial charge on any atom is -0.481 e. The molecule has 1 aliphatic heterocycles. The van der Waals surface area contributed by atoms with Crippen molar-refractivity contribution in [1.82, 2.24) is 4.90 Å². The number of nitrogens with zero attached hydrogens (tertiary/aromatic N) is 1. The molecule has 1 N–H and O–H groups in total. The molecule has 1 aliphatic rings. The van der Waals surface area contributed by atoms with Gasteiger partial charge in [-0.3, -0.25) is 9.69 Å². The van der Waals surface area contributed by atoms with Crippen LogP contribution < -0.4 is 0 Å². The first-order valence-electron chi connectivity index (χ1n) is 6.75. The van der Waals surface area contributed by atoms with Gasteiger partial charge >= 0.3 is 5.97 Å². The van der Waals surface area contributed by atoms with Crippen LogP contribution in [0.4, 0.5) is 0 Å². The normalized spacial score (nSPS) is 25.4. The Morgan fingerprint density at radius 1 is 1.42 bits per heavy atom. The minimum absolute atomic E-state index is 0.207. The zero-order valence-corrected chi connectivity index (χ0v) is 12.1. The number of rotatable bonds is 4. The van der Waals surface area contributed by atoms with E-state index in [0.29, 0.717) is 6.54 Å². The van der Waals surface area contributed by atoms with E-state index in [1.54, 1.807) is 0 Å². The second kappa shape index (κ2) is 5.93. The molecule has 1 heterocycles. The van der Waals surface area contributed by atoms with Gasteiger partial charge in [-0.2, -0.15) is 0 Å². The second-order valence-electron chi connectivity index (χ2n) is 5.35. The highest BCUT2D eigenvalue weighted by Gasteiger charge is 2.37. The van der Waals surface area contributed by atoms with E-state index in [-0.39, 0.29) is 17.9 Å². The maximum absolute atomic E-state index is 11.2. The van der Waals surface area contributed by atoms with Gasteiger partial charge in [0.1, 0.15) is 0 Å². The summed E-state index contributed by atoms with van der Waals surface area (Å²) >= 11 is 5.92. The molecule has 0 amide bonds. The third-order valence-electron chi connectivity index (χ3n) is 4.04. The molecule has 19 heavy (non-hydrogen) atoms. The number of carbonyl (C=O) groups is 1. The van der Waals surface area contributed by atoms with Gasteiger partial charge in [-0.05, 0) is 30.0 Å². The van der Waals surface area contributed by atoms with Gasteiger partial charge < -0.3 is 5.11 Å². The summed E-state index contributed by atoms with van der Waals surface area (Å²) in [6.07, 6.45) is 0.973. The zero-order chi connectivity index (χ0) is 14.0. The zero-order valence-electron chi connectivity index (χ0n) is 11.3. The topological polar surface area (TPSA) is 40.5 Å². The summed E-state index contributed by atoms with van der Waals surface area (Å²) in [5, 5.41) is 9.95. The number of aliphatic carboxylic acids is 1. The number of hydrogen-bond acceptors (Lipinski definition) is 2. The van der Waals surface area contributed by atoms with Crippen LogP contribution in [0.5, 0.6) is 0 Å². The fourth-order valence-electron chi connectivity index (χ4n) is 2.97. The van der Waals surface area contributed by atoms with E-state index in [1.807, 2.05) is 31.2 Å². The Bertz CT molecular complexity index is 446. The van der Waals surface area contributed by atoms with Crippen LogP contribution in [0.2, 0.25) is 5.02 Å². The number of halogens is 1. The fourth-order valence-corrected chi connectivity index (χ4v) is 3.10. The first-order chi connectivity index (χ1) is 9.02. The van der Waals surface area contributed by atoms with Crippen molar-refractivity contribution in [3.63, 3.8) is 0 Å². The minimum atomic E-state index is -0.680. The molecule has 0 radical (unpaired) electrons. The van der Waals surface area contributed by atoms with Crippen LogP contribution in [0.15, 0.2) is 24.3 Å². The molecule has 3 nitrogen and oxygen atoms in total. The van der Waals surface area contributed by atoms with Crippen LogP contribution in [0, 0.1) is 11.8 Å². The molecule has 0 aromatic heterocycles. The van der Waals surface area contributed by atoms with Gasteiger partial charge in [0.25, 0.3) is 0 Å². The molecule has 2 rings (SSSR count). The lowest BCUT2D eigenvalue weighted by molar-refractivity contribution is -0.142. The van der Waals surface area contributed by atoms with Crippen LogP contribution in [0.3, 0.4) is 0 Å². The molecular formula is C15H20ClNO2. The Hall–Kier alpha value is -1.06. The van der Waals surface area contributed by atoms with Gasteiger partial charge in [0.15, 0.2) is 0 Å². The smallest absolute Gasteiger partial charge is 0.308 e. The van der Waals surface area contributed by atoms with Crippen molar-refractivity contribution in [3.8, 4) is 0 Å². The molecule has 0 saturated carbocycles. The number of carboxylic acid groups (broad SMARTS) is 1. The Labute approximate surface area is 119 Å². The average molecular weight is 282 g/mol. The van der Waals surface area contributed by atoms with E-state index in [4.69, 9.17) is 11.6 Å². The lowest BCUT2D eigenvalue weighted by Gasteiger charge is -2.27. The van der Waals surface area contributed by atoms with Crippen molar-refractivity contribution < 1.29 is 9.90 Å². The van der Waals surface area contributed by atoms with Crippen LogP contribution >= 0.6 is 11.6 Å². The van der Waals surface area contributed by atoms with Gasteiger partial charge in [-0.15, -0.1) is 0 Å². The van der Waals surface area contributed by atoms with E-state index in [9.17, 15) is 9.90 Å². The molecule has 1 fully saturated rings. The number of likely N-dealkylation sites (tertiary alicyclic amines) is 1. The van der Waals surface area contributed by atoms with Crippen molar-refractivity contribution in [2.75, 3.05) is 13.1 Å². The molecule has 1 aromatic rings. The highest BCUT2D eigenvalue weighted by Crippen LogP contribution is 2.33. The Balaban J connectivity index is 2.15. The molecule has 0 aliphatic carbocycles. The number of carboxylic acids is 1.